The Morgan fingerprint density at radius 2 is 2.47 bits per heavy atom. The summed E-state index contributed by atoms with van der Waals surface area (Å²) in [5.41, 5.74) is 1.19. The molecule has 2 heterocycles. The van der Waals surface area contributed by atoms with E-state index in [9.17, 15) is 0 Å². The van der Waals surface area contributed by atoms with Gasteiger partial charge < -0.3 is 15.1 Å². The zero-order valence-electron chi connectivity index (χ0n) is 10.8. The summed E-state index contributed by atoms with van der Waals surface area (Å²) in [6.07, 6.45) is 4.92. The number of aromatic nitrogens is 1. The molecule has 94 valence electrons. The van der Waals surface area contributed by atoms with Gasteiger partial charge in [-0.25, -0.2) is 0 Å². The second-order valence-electron chi connectivity index (χ2n) is 4.76. The fraction of sp³-hybridized carbons (Fsp3) is 0.615. The molecule has 0 spiro atoms. The van der Waals surface area contributed by atoms with Crippen LogP contribution in [0, 0.1) is 0 Å². The van der Waals surface area contributed by atoms with Crippen LogP contribution in [0.4, 0.5) is 5.69 Å². The minimum Gasteiger partial charge on any atom is -0.373 e. The Morgan fingerprint density at radius 3 is 3.18 bits per heavy atom. The van der Waals surface area contributed by atoms with Gasteiger partial charge in [0.05, 0.1) is 11.9 Å². The fourth-order valence-electron chi connectivity index (χ4n) is 2.24. The van der Waals surface area contributed by atoms with Crippen molar-refractivity contribution in [2.75, 3.05) is 45.2 Å². The molecule has 4 nitrogen and oxygen atoms in total. The third kappa shape index (κ3) is 3.41. The van der Waals surface area contributed by atoms with E-state index in [2.05, 4.69) is 40.3 Å². The highest BCUT2D eigenvalue weighted by Gasteiger charge is 2.18. The Balaban J connectivity index is 1.81. The van der Waals surface area contributed by atoms with Crippen LogP contribution in [0.2, 0.25) is 0 Å². The SMILES string of the molecule is CN(CCC1CNCCN1C)c1cccnc1. The van der Waals surface area contributed by atoms with Gasteiger partial charge in [-0.15, -0.1) is 0 Å². The third-order valence-electron chi connectivity index (χ3n) is 3.53. The average molecular weight is 234 g/mol. The second kappa shape index (κ2) is 5.98. The molecular formula is C13H22N4. The Kier molecular flexibility index (Phi) is 4.34. The monoisotopic (exact) mass is 234 g/mol. The van der Waals surface area contributed by atoms with Crippen molar-refractivity contribution in [2.24, 2.45) is 0 Å². The number of hydrogen-bond donors (Lipinski definition) is 1. The van der Waals surface area contributed by atoms with Gasteiger partial charge in [-0.2, -0.15) is 0 Å². The van der Waals surface area contributed by atoms with E-state index in [0.29, 0.717) is 6.04 Å². The molecule has 1 aliphatic heterocycles. The van der Waals surface area contributed by atoms with E-state index in [-0.39, 0.29) is 0 Å². The number of hydrogen-bond acceptors (Lipinski definition) is 4. The summed E-state index contributed by atoms with van der Waals surface area (Å²) in [6, 6.07) is 4.75. The van der Waals surface area contributed by atoms with Crippen LogP contribution in [0.3, 0.4) is 0 Å². The minimum atomic E-state index is 0.655. The lowest BCUT2D eigenvalue weighted by Gasteiger charge is -2.34. The molecule has 0 aromatic carbocycles. The molecule has 2 rings (SSSR count). The summed E-state index contributed by atoms with van der Waals surface area (Å²) in [5, 5.41) is 3.46. The van der Waals surface area contributed by atoms with Crippen LogP contribution < -0.4 is 10.2 Å². The molecule has 1 atom stereocenters. The standard InChI is InChI=1S/C13H22N4/c1-16(12-4-3-6-14-10-12)8-5-13-11-15-7-9-17(13)2/h3-4,6,10,13,15H,5,7-9,11H2,1-2H3. The predicted octanol–water partition coefficient (Wildman–Crippen LogP) is 0.811. The molecule has 1 aromatic rings. The quantitative estimate of drug-likeness (QED) is 0.835. The fourth-order valence-corrected chi connectivity index (χ4v) is 2.24. The van der Waals surface area contributed by atoms with Crippen molar-refractivity contribution in [3.63, 3.8) is 0 Å². The topological polar surface area (TPSA) is 31.4 Å². The highest BCUT2D eigenvalue weighted by molar-refractivity contribution is 5.42. The summed E-state index contributed by atoms with van der Waals surface area (Å²) in [7, 11) is 4.35. The molecule has 0 aliphatic carbocycles. The molecule has 1 aliphatic rings. The molecule has 1 fully saturated rings. The van der Waals surface area contributed by atoms with Gasteiger partial charge in [-0.05, 0) is 25.6 Å². The summed E-state index contributed by atoms with van der Waals surface area (Å²) < 4.78 is 0. The largest absolute Gasteiger partial charge is 0.373 e. The van der Waals surface area contributed by atoms with Crippen molar-refractivity contribution in [1.29, 1.82) is 0 Å². The number of nitrogens with zero attached hydrogens (tertiary/aromatic N) is 3. The van der Waals surface area contributed by atoms with E-state index in [1.165, 1.54) is 12.1 Å². The predicted molar refractivity (Wildman–Crippen MR) is 71.4 cm³/mol. The first-order valence-electron chi connectivity index (χ1n) is 6.29. The first kappa shape index (κ1) is 12.3. The summed E-state index contributed by atoms with van der Waals surface area (Å²) in [4.78, 5) is 8.88. The maximum Gasteiger partial charge on any atom is 0.0550 e. The Morgan fingerprint density at radius 1 is 1.59 bits per heavy atom. The molecule has 0 radical (unpaired) electrons. The molecule has 17 heavy (non-hydrogen) atoms. The number of likely N-dealkylation sites (N-methyl/N-ethyl adjacent to an activating group) is 1. The molecule has 1 saturated heterocycles. The number of anilines is 1. The van der Waals surface area contributed by atoms with E-state index in [4.69, 9.17) is 0 Å². The average Bonchev–Trinajstić information content (AvgIpc) is 2.38. The third-order valence-corrected chi connectivity index (χ3v) is 3.53. The number of rotatable bonds is 4. The second-order valence-corrected chi connectivity index (χ2v) is 4.76. The van der Waals surface area contributed by atoms with Crippen LogP contribution in [0.25, 0.3) is 0 Å². The van der Waals surface area contributed by atoms with Crippen molar-refractivity contribution in [2.45, 2.75) is 12.5 Å². The van der Waals surface area contributed by atoms with Gasteiger partial charge in [0.1, 0.15) is 0 Å². The highest BCUT2D eigenvalue weighted by Crippen LogP contribution is 2.12. The maximum atomic E-state index is 4.15. The van der Waals surface area contributed by atoms with Crippen LogP contribution in [-0.2, 0) is 0 Å². The molecule has 4 heteroatoms. The van der Waals surface area contributed by atoms with Crippen LogP contribution >= 0.6 is 0 Å². The van der Waals surface area contributed by atoms with Gasteiger partial charge in [-0.1, -0.05) is 0 Å². The van der Waals surface area contributed by atoms with Crippen molar-refractivity contribution >= 4 is 5.69 Å². The highest BCUT2D eigenvalue weighted by atomic mass is 15.2. The molecule has 0 bridgehead atoms. The number of nitrogens with one attached hydrogen (secondary N) is 1. The first-order valence-corrected chi connectivity index (χ1v) is 6.29. The molecule has 0 amide bonds. The summed E-state index contributed by atoms with van der Waals surface area (Å²) in [6.45, 7) is 4.45. The van der Waals surface area contributed by atoms with Gasteiger partial charge in [0.2, 0.25) is 0 Å². The van der Waals surface area contributed by atoms with Crippen molar-refractivity contribution in [3.8, 4) is 0 Å². The zero-order chi connectivity index (χ0) is 12.1. The molecule has 0 saturated carbocycles. The molecule has 1 aromatic heterocycles. The molecule has 1 unspecified atom stereocenters. The summed E-state index contributed by atoms with van der Waals surface area (Å²) in [5.74, 6) is 0. The van der Waals surface area contributed by atoms with Crippen molar-refractivity contribution < 1.29 is 0 Å². The van der Waals surface area contributed by atoms with Crippen LogP contribution in [0.5, 0.6) is 0 Å². The smallest absolute Gasteiger partial charge is 0.0550 e. The lowest BCUT2D eigenvalue weighted by molar-refractivity contribution is 0.192. The zero-order valence-corrected chi connectivity index (χ0v) is 10.8. The van der Waals surface area contributed by atoms with Crippen LogP contribution in [0.15, 0.2) is 24.5 Å². The lowest BCUT2D eigenvalue weighted by atomic mass is 10.1. The van der Waals surface area contributed by atoms with E-state index in [0.717, 1.165) is 26.2 Å². The Hall–Kier alpha value is -1.13. The normalized spacial score (nSPS) is 21.4. The number of pyridine rings is 1. The van der Waals surface area contributed by atoms with E-state index >= 15 is 0 Å². The van der Waals surface area contributed by atoms with Crippen LogP contribution in [-0.4, -0.2) is 56.2 Å². The minimum absolute atomic E-state index is 0.655. The van der Waals surface area contributed by atoms with E-state index in [1.807, 2.05) is 18.5 Å². The van der Waals surface area contributed by atoms with E-state index in [1.54, 1.807) is 0 Å². The van der Waals surface area contributed by atoms with Gasteiger partial charge in [0, 0.05) is 45.5 Å². The summed E-state index contributed by atoms with van der Waals surface area (Å²) >= 11 is 0. The molecule has 1 N–H and O–H groups in total. The Labute approximate surface area is 104 Å². The number of piperazine rings is 1. The van der Waals surface area contributed by atoms with Gasteiger partial charge in [0.25, 0.3) is 0 Å². The van der Waals surface area contributed by atoms with Gasteiger partial charge >= 0.3 is 0 Å². The first-order chi connectivity index (χ1) is 8.27. The maximum absolute atomic E-state index is 4.15. The van der Waals surface area contributed by atoms with Crippen molar-refractivity contribution in [3.05, 3.63) is 24.5 Å². The van der Waals surface area contributed by atoms with Gasteiger partial charge in [-0.3, -0.25) is 4.98 Å². The van der Waals surface area contributed by atoms with Gasteiger partial charge in [0.15, 0.2) is 0 Å². The van der Waals surface area contributed by atoms with Crippen molar-refractivity contribution in [1.82, 2.24) is 15.2 Å². The lowest BCUT2D eigenvalue weighted by Crippen LogP contribution is -2.50. The van der Waals surface area contributed by atoms with Crippen LogP contribution in [0.1, 0.15) is 6.42 Å². The molecular weight excluding hydrogens is 212 g/mol. The Bertz CT molecular complexity index is 327. The van der Waals surface area contributed by atoms with E-state index < -0.39 is 0 Å².